The molecule has 1 saturated heterocycles. The highest BCUT2D eigenvalue weighted by atomic mass is 15.5. The molecule has 0 bridgehead atoms. The lowest BCUT2D eigenvalue weighted by atomic mass is 9.82. The van der Waals surface area contributed by atoms with Crippen LogP contribution in [0.25, 0.3) is 0 Å². The van der Waals surface area contributed by atoms with Crippen LogP contribution in [0.3, 0.4) is 0 Å². The van der Waals surface area contributed by atoms with Crippen LogP contribution >= 0.6 is 0 Å². The summed E-state index contributed by atoms with van der Waals surface area (Å²) in [5, 5.41) is 2.16. The van der Waals surface area contributed by atoms with Crippen molar-refractivity contribution in [2.45, 2.75) is 56.4 Å². The van der Waals surface area contributed by atoms with E-state index in [9.17, 15) is 0 Å². The predicted octanol–water partition coefficient (Wildman–Crippen LogP) is 4.69. The third-order valence-corrected chi connectivity index (χ3v) is 7.18. The topological polar surface area (TPSA) is 21.8 Å². The fraction of sp³-hybridized carbons (Fsp3) is 0.538. The Hall–Kier alpha value is -1.72. The van der Waals surface area contributed by atoms with E-state index in [0.29, 0.717) is 30.2 Å². The van der Waals surface area contributed by atoms with Crippen molar-refractivity contribution in [1.82, 2.24) is 20.2 Å². The zero-order valence-electron chi connectivity index (χ0n) is 19.0. The minimum atomic E-state index is 0.332. The Bertz CT molecular complexity index is 721. The predicted molar refractivity (Wildman–Crippen MR) is 125 cm³/mol. The normalized spacial score (nSPS) is 25.8. The highest BCUT2D eigenvalue weighted by Gasteiger charge is 2.49. The average Bonchev–Trinajstić information content (AvgIpc) is 3.04. The summed E-state index contributed by atoms with van der Waals surface area (Å²) in [7, 11) is 8.92. The van der Waals surface area contributed by atoms with Crippen LogP contribution < -0.4 is 5.43 Å². The minimum absolute atomic E-state index is 0.332. The minimum Gasteiger partial charge on any atom is -0.281 e. The van der Waals surface area contributed by atoms with Crippen LogP contribution in [0.5, 0.6) is 0 Å². The van der Waals surface area contributed by atoms with Crippen molar-refractivity contribution in [2.24, 2.45) is 5.92 Å². The van der Waals surface area contributed by atoms with Gasteiger partial charge in [0.1, 0.15) is 0 Å². The van der Waals surface area contributed by atoms with Gasteiger partial charge in [0.2, 0.25) is 0 Å². The molecule has 1 saturated carbocycles. The van der Waals surface area contributed by atoms with Gasteiger partial charge in [-0.3, -0.25) is 14.8 Å². The third-order valence-electron chi connectivity index (χ3n) is 7.18. The Morgan fingerprint density at radius 3 is 1.67 bits per heavy atom. The van der Waals surface area contributed by atoms with Gasteiger partial charge in [0, 0.05) is 14.1 Å². The maximum absolute atomic E-state index is 3.85. The van der Waals surface area contributed by atoms with Gasteiger partial charge in [-0.25, -0.2) is 5.43 Å². The molecule has 3 atom stereocenters. The maximum atomic E-state index is 3.85. The van der Waals surface area contributed by atoms with Gasteiger partial charge in [0.05, 0.1) is 24.3 Å². The average molecular weight is 407 g/mol. The van der Waals surface area contributed by atoms with Crippen molar-refractivity contribution in [3.63, 3.8) is 0 Å². The van der Waals surface area contributed by atoms with Gasteiger partial charge in [-0.1, -0.05) is 79.9 Å². The van der Waals surface area contributed by atoms with Crippen LogP contribution in [0, 0.1) is 5.92 Å². The molecule has 4 heteroatoms. The van der Waals surface area contributed by atoms with Crippen LogP contribution in [0.1, 0.15) is 55.3 Å². The highest BCUT2D eigenvalue weighted by Crippen LogP contribution is 2.47. The molecule has 162 valence electrons. The summed E-state index contributed by atoms with van der Waals surface area (Å²) >= 11 is 0. The first-order valence-corrected chi connectivity index (χ1v) is 11.5. The lowest BCUT2D eigenvalue weighted by molar-refractivity contribution is 0.0393. The van der Waals surface area contributed by atoms with E-state index in [1.807, 2.05) is 0 Å². The zero-order valence-corrected chi connectivity index (χ0v) is 19.0. The maximum Gasteiger partial charge on any atom is 0.0803 e. The Morgan fingerprint density at radius 2 is 1.23 bits per heavy atom. The number of benzene rings is 2. The number of rotatable bonds is 6. The molecule has 0 radical (unpaired) electrons. The van der Waals surface area contributed by atoms with Crippen LogP contribution in [0.15, 0.2) is 60.7 Å². The van der Waals surface area contributed by atoms with Crippen molar-refractivity contribution >= 4 is 0 Å². The summed E-state index contributed by atoms with van der Waals surface area (Å²) < 4.78 is 0. The number of hydrogen-bond donors (Lipinski definition) is 1. The molecule has 0 amide bonds. The molecule has 1 aliphatic carbocycles. The number of nitrogens with one attached hydrogen (secondary N) is 1. The first-order chi connectivity index (χ1) is 14.6. The number of hydrazine groups is 1. The van der Waals surface area contributed by atoms with Crippen molar-refractivity contribution < 1.29 is 0 Å². The molecule has 2 fully saturated rings. The van der Waals surface area contributed by atoms with Gasteiger partial charge in [0.15, 0.2) is 0 Å². The molecule has 0 aromatic heterocycles. The van der Waals surface area contributed by atoms with Gasteiger partial charge < -0.3 is 0 Å². The molecule has 2 aromatic rings. The van der Waals surface area contributed by atoms with Gasteiger partial charge in [-0.15, -0.1) is 0 Å². The Balaban J connectivity index is 1.73. The standard InChI is InChI=1S/C26H38N4/c1-28(2)27-23(20-14-8-5-9-15-20)26-29(3)24(21-16-10-6-11-17-21)25(30(26)4)22-18-12-7-13-19-22/h6-7,10-13,16-20,23-27H,5,8-9,14-15H2,1-4H3/t23?,24-,25-/m0/s1. The van der Waals surface area contributed by atoms with E-state index in [1.165, 1.54) is 43.2 Å². The van der Waals surface area contributed by atoms with Gasteiger partial charge in [-0.2, -0.15) is 0 Å². The molecule has 1 heterocycles. The number of hydrogen-bond acceptors (Lipinski definition) is 4. The fourth-order valence-electron chi connectivity index (χ4n) is 5.91. The molecular formula is C26H38N4. The number of nitrogens with zero attached hydrogens (tertiary/aromatic N) is 3. The van der Waals surface area contributed by atoms with E-state index in [2.05, 4.69) is 109 Å². The van der Waals surface area contributed by atoms with E-state index >= 15 is 0 Å². The third kappa shape index (κ3) is 4.33. The molecule has 0 spiro atoms. The van der Waals surface area contributed by atoms with Crippen molar-refractivity contribution in [1.29, 1.82) is 0 Å². The quantitative estimate of drug-likeness (QED) is 0.703. The number of likely N-dealkylation sites (N-methyl/N-ethyl adjacent to an activating group) is 2. The van der Waals surface area contributed by atoms with Crippen LogP contribution in [-0.2, 0) is 0 Å². The van der Waals surface area contributed by atoms with E-state index in [0.717, 1.165) is 0 Å². The Kier molecular flexibility index (Phi) is 6.89. The Labute approximate surface area is 182 Å². The summed E-state index contributed by atoms with van der Waals surface area (Å²) in [6.45, 7) is 0. The lowest BCUT2D eigenvalue weighted by Crippen LogP contribution is -2.58. The molecule has 2 aliphatic rings. The first-order valence-electron chi connectivity index (χ1n) is 11.5. The van der Waals surface area contributed by atoms with E-state index in [1.54, 1.807) is 0 Å². The second-order valence-electron chi connectivity index (χ2n) is 9.40. The molecule has 1 unspecified atom stereocenters. The van der Waals surface area contributed by atoms with Gasteiger partial charge in [-0.05, 0) is 44.0 Å². The zero-order chi connectivity index (χ0) is 21.1. The van der Waals surface area contributed by atoms with Crippen LogP contribution in [0.2, 0.25) is 0 Å². The van der Waals surface area contributed by atoms with Crippen molar-refractivity contribution in [3.8, 4) is 0 Å². The monoisotopic (exact) mass is 406 g/mol. The van der Waals surface area contributed by atoms with Crippen molar-refractivity contribution in [2.75, 3.05) is 28.2 Å². The summed E-state index contributed by atoms with van der Waals surface area (Å²) in [6, 6.07) is 23.2. The first kappa shape index (κ1) is 21.5. The molecule has 1 aliphatic heterocycles. The molecular weight excluding hydrogens is 368 g/mol. The Morgan fingerprint density at radius 1 is 0.767 bits per heavy atom. The van der Waals surface area contributed by atoms with E-state index in [-0.39, 0.29) is 0 Å². The second kappa shape index (κ2) is 9.61. The SMILES string of the molecule is CN(C)NC(C1CCCCC1)C1N(C)[C@@H](c2ccccc2)[C@H](c2ccccc2)N1C. The van der Waals surface area contributed by atoms with E-state index < -0.39 is 0 Å². The second-order valence-corrected chi connectivity index (χ2v) is 9.40. The fourth-order valence-corrected chi connectivity index (χ4v) is 5.91. The van der Waals surface area contributed by atoms with Gasteiger partial charge >= 0.3 is 0 Å². The molecule has 2 aromatic carbocycles. The summed E-state index contributed by atoms with van der Waals surface area (Å²) in [4.78, 5) is 5.26. The van der Waals surface area contributed by atoms with Crippen molar-refractivity contribution in [3.05, 3.63) is 71.8 Å². The highest BCUT2D eigenvalue weighted by molar-refractivity contribution is 5.30. The molecule has 4 rings (SSSR count). The smallest absolute Gasteiger partial charge is 0.0803 e. The van der Waals surface area contributed by atoms with E-state index in [4.69, 9.17) is 0 Å². The molecule has 1 N–H and O–H groups in total. The largest absolute Gasteiger partial charge is 0.281 e. The molecule has 30 heavy (non-hydrogen) atoms. The summed E-state index contributed by atoms with van der Waals surface area (Å²) in [5.74, 6) is 0.710. The lowest BCUT2D eigenvalue weighted by Gasteiger charge is -2.42. The van der Waals surface area contributed by atoms with Crippen LogP contribution in [-0.4, -0.2) is 55.2 Å². The molecule has 4 nitrogen and oxygen atoms in total. The van der Waals surface area contributed by atoms with Crippen LogP contribution in [0.4, 0.5) is 0 Å². The van der Waals surface area contributed by atoms with Gasteiger partial charge in [0.25, 0.3) is 0 Å². The summed E-state index contributed by atoms with van der Waals surface area (Å²) in [6.07, 6.45) is 7.11. The summed E-state index contributed by atoms with van der Waals surface area (Å²) in [5.41, 5.74) is 6.64.